The molecule has 1 aromatic rings. The lowest BCUT2D eigenvalue weighted by molar-refractivity contribution is -0.157. The second-order valence-corrected chi connectivity index (χ2v) is 11.3. The Morgan fingerprint density at radius 2 is 1.97 bits per heavy atom. The Bertz CT molecular complexity index is 906. The van der Waals surface area contributed by atoms with E-state index in [0.717, 1.165) is 16.5 Å². The smallest absolute Gasteiger partial charge is 0.322 e. The monoisotopic (exact) mass is 434 g/mol. The Kier molecular flexibility index (Phi) is 6.06. The van der Waals surface area contributed by atoms with Crippen molar-refractivity contribution in [1.29, 1.82) is 0 Å². The van der Waals surface area contributed by atoms with E-state index in [4.69, 9.17) is 4.74 Å². The lowest BCUT2D eigenvalue weighted by Gasteiger charge is -2.27. The van der Waals surface area contributed by atoms with Crippen LogP contribution in [-0.2, 0) is 25.5 Å². The van der Waals surface area contributed by atoms with Crippen LogP contribution in [0.25, 0.3) is 0 Å². The van der Waals surface area contributed by atoms with Gasteiger partial charge in [0.25, 0.3) is 11.8 Å². The normalized spacial score (nSPS) is 17.2. The van der Waals surface area contributed by atoms with Crippen molar-refractivity contribution >= 4 is 40.9 Å². The molecule has 2 amide bonds. The van der Waals surface area contributed by atoms with Crippen LogP contribution in [0.5, 0.6) is 0 Å². The number of thioether (sulfide) groups is 1. The Morgan fingerprint density at radius 1 is 1.24 bits per heavy atom. The molecule has 0 bridgehead atoms. The van der Waals surface area contributed by atoms with Crippen molar-refractivity contribution in [3.05, 3.63) is 34.4 Å². The van der Waals surface area contributed by atoms with Crippen LogP contribution in [0.4, 0.5) is 0 Å². The van der Waals surface area contributed by atoms with Gasteiger partial charge in [-0.1, -0.05) is 23.9 Å². The number of hydrogen-bond acceptors (Lipinski definition) is 7. The maximum Gasteiger partial charge on any atom is 0.322 e. The molecule has 1 aromatic heterocycles. The number of esters is 1. The fourth-order valence-corrected chi connectivity index (χ4v) is 5.29. The summed E-state index contributed by atoms with van der Waals surface area (Å²) in [6.45, 7) is 9.47. The molecule has 0 spiro atoms. The zero-order chi connectivity index (χ0) is 21.4. The Balaban J connectivity index is 1.59. The average Bonchev–Trinajstić information content (AvgIpc) is 3.15. The van der Waals surface area contributed by atoms with E-state index in [9.17, 15) is 14.4 Å². The molecule has 0 saturated heterocycles. The third-order valence-corrected chi connectivity index (χ3v) is 6.67. The lowest BCUT2D eigenvalue weighted by atomic mass is 10.00. The average molecular weight is 435 g/mol. The van der Waals surface area contributed by atoms with Gasteiger partial charge in [-0.15, -0.1) is 11.3 Å². The molecule has 0 atom stereocenters. The van der Waals surface area contributed by atoms with E-state index in [1.807, 2.05) is 46.1 Å². The molecule has 1 aliphatic heterocycles. The number of nitrogens with zero attached hydrogens (tertiary/aromatic N) is 2. The zero-order valence-electron chi connectivity index (χ0n) is 17.4. The SMILES string of the molecule is CC(C)(C)OC(=O)C(C)(C)Sc1nc(CCN2C(=O)C3=C(CCC=C3)C2=O)cs1. The summed E-state index contributed by atoms with van der Waals surface area (Å²) in [5, 5.41) is 1.91. The quantitative estimate of drug-likeness (QED) is 0.384. The molecule has 0 fully saturated rings. The molecule has 0 aromatic carbocycles. The summed E-state index contributed by atoms with van der Waals surface area (Å²) < 4.78 is 5.49. The van der Waals surface area contributed by atoms with Gasteiger partial charge in [0.15, 0.2) is 4.34 Å². The van der Waals surface area contributed by atoms with Crippen LogP contribution in [-0.4, -0.2) is 44.6 Å². The summed E-state index contributed by atoms with van der Waals surface area (Å²) in [7, 11) is 0. The molecule has 3 rings (SSSR count). The van der Waals surface area contributed by atoms with Gasteiger partial charge in [0.2, 0.25) is 0 Å². The Morgan fingerprint density at radius 3 is 2.62 bits per heavy atom. The first-order valence-electron chi connectivity index (χ1n) is 9.61. The molecule has 8 heteroatoms. The van der Waals surface area contributed by atoms with E-state index in [1.165, 1.54) is 28.0 Å². The van der Waals surface area contributed by atoms with Crippen LogP contribution in [0.2, 0.25) is 0 Å². The van der Waals surface area contributed by atoms with Gasteiger partial charge in [-0.05, 0) is 47.5 Å². The van der Waals surface area contributed by atoms with Crippen molar-refractivity contribution in [3.63, 3.8) is 0 Å². The number of allylic oxidation sites excluding steroid dienone is 1. The minimum atomic E-state index is -0.765. The van der Waals surface area contributed by atoms with Gasteiger partial charge in [0, 0.05) is 29.5 Å². The van der Waals surface area contributed by atoms with Crippen molar-refractivity contribution in [2.45, 2.75) is 68.6 Å². The van der Waals surface area contributed by atoms with Gasteiger partial charge < -0.3 is 4.74 Å². The third kappa shape index (κ3) is 4.98. The summed E-state index contributed by atoms with van der Waals surface area (Å²) >= 11 is 2.81. The number of ether oxygens (including phenoxy) is 1. The molecule has 0 unspecified atom stereocenters. The first-order valence-corrected chi connectivity index (χ1v) is 11.3. The molecule has 1 aliphatic carbocycles. The highest BCUT2D eigenvalue weighted by molar-refractivity contribution is 8.03. The lowest BCUT2D eigenvalue weighted by Crippen LogP contribution is -2.36. The van der Waals surface area contributed by atoms with Crippen molar-refractivity contribution in [2.24, 2.45) is 0 Å². The summed E-state index contributed by atoms with van der Waals surface area (Å²) in [6, 6.07) is 0. The van der Waals surface area contributed by atoms with Gasteiger partial charge in [-0.2, -0.15) is 0 Å². The molecule has 0 N–H and O–H groups in total. The Hall–Kier alpha value is -1.93. The third-order valence-electron chi connectivity index (χ3n) is 4.50. The second-order valence-electron chi connectivity index (χ2n) is 8.56. The van der Waals surface area contributed by atoms with Crippen LogP contribution < -0.4 is 0 Å². The number of carbonyl (C=O) groups is 3. The fourth-order valence-electron chi connectivity index (χ4n) is 3.03. The molecule has 156 valence electrons. The predicted molar refractivity (Wildman–Crippen MR) is 114 cm³/mol. The standard InChI is InChI=1S/C21H26N2O4S2/c1-20(2,3)27-18(26)21(4,5)29-19-22-13(12-28-19)10-11-23-16(24)14-8-6-7-9-15(14)17(23)25/h6,8,12H,7,9-11H2,1-5H3. The molecular formula is C21H26N2O4S2. The van der Waals surface area contributed by atoms with Gasteiger partial charge in [-0.25, -0.2) is 4.98 Å². The number of thiazole rings is 1. The van der Waals surface area contributed by atoms with Crippen LogP contribution >= 0.6 is 23.1 Å². The molecule has 0 radical (unpaired) electrons. The highest BCUT2D eigenvalue weighted by atomic mass is 32.2. The molecule has 2 heterocycles. The van der Waals surface area contributed by atoms with Gasteiger partial charge in [-0.3, -0.25) is 19.3 Å². The highest BCUT2D eigenvalue weighted by Gasteiger charge is 2.37. The van der Waals surface area contributed by atoms with E-state index in [0.29, 0.717) is 30.5 Å². The first-order chi connectivity index (χ1) is 13.5. The number of amides is 2. The minimum absolute atomic E-state index is 0.176. The maximum absolute atomic E-state index is 12.5. The molecule has 29 heavy (non-hydrogen) atoms. The van der Waals surface area contributed by atoms with Crippen LogP contribution in [0, 0.1) is 0 Å². The second kappa shape index (κ2) is 8.07. The first kappa shape index (κ1) is 21.8. The van der Waals surface area contributed by atoms with Crippen molar-refractivity contribution < 1.29 is 19.1 Å². The topological polar surface area (TPSA) is 76.6 Å². The van der Waals surface area contributed by atoms with E-state index in [-0.39, 0.29) is 17.8 Å². The number of imide groups is 1. The molecule has 6 nitrogen and oxygen atoms in total. The summed E-state index contributed by atoms with van der Waals surface area (Å²) in [5.74, 6) is -0.674. The predicted octanol–water partition coefficient (Wildman–Crippen LogP) is 3.91. The van der Waals surface area contributed by atoms with Gasteiger partial charge in [0.1, 0.15) is 10.3 Å². The van der Waals surface area contributed by atoms with Gasteiger partial charge >= 0.3 is 5.97 Å². The summed E-state index contributed by atoms with van der Waals surface area (Å²) in [6.07, 6.45) is 5.61. The van der Waals surface area contributed by atoms with E-state index in [2.05, 4.69) is 4.98 Å². The number of hydrogen-bond donors (Lipinski definition) is 0. The highest BCUT2D eigenvalue weighted by Crippen LogP contribution is 2.36. The Labute approximate surface area is 179 Å². The summed E-state index contributed by atoms with van der Waals surface area (Å²) in [5.41, 5.74) is 1.43. The number of aromatic nitrogens is 1. The summed E-state index contributed by atoms with van der Waals surface area (Å²) in [4.78, 5) is 43.3. The van der Waals surface area contributed by atoms with E-state index < -0.39 is 10.3 Å². The van der Waals surface area contributed by atoms with Crippen molar-refractivity contribution in [3.8, 4) is 0 Å². The molecule has 2 aliphatic rings. The van der Waals surface area contributed by atoms with E-state index >= 15 is 0 Å². The van der Waals surface area contributed by atoms with Gasteiger partial charge in [0.05, 0.1) is 5.69 Å². The molecule has 0 saturated carbocycles. The van der Waals surface area contributed by atoms with Crippen LogP contribution in [0.3, 0.4) is 0 Å². The largest absolute Gasteiger partial charge is 0.459 e. The van der Waals surface area contributed by atoms with Crippen molar-refractivity contribution in [2.75, 3.05) is 6.54 Å². The maximum atomic E-state index is 12.5. The van der Waals surface area contributed by atoms with E-state index in [1.54, 1.807) is 6.08 Å². The number of rotatable bonds is 6. The zero-order valence-corrected chi connectivity index (χ0v) is 19.0. The van der Waals surface area contributed by atoms with Crippen LogP contribution in [0.1, 0.15) is 53.2 Å². The minimum Gasteiger partial charge on any atom is -0.459 e. The fraction of sp³-hybridized carbons (Fsp3) is 0.524. The van der Waals surface area contributed by atoms with Crippen LogP contribution in [0.15, 0.2) is 33.0 Å². The molecular weight excluding hydrogens is 408 g/mol. The number of carbonyl (C=O) groups excluding carboxylic acids is 3. The van der Waals surface area contributed by atoms with Crippen molar-refractivity contribution in [1.82, 2.24) is 9.88 Å².